The Morgan fingerprint density at radius 1 is 1.18 bits per heavy atom. The SMILES string of the molecule is CC(C)(C)OC(=O)CC(CN1CCC(CCc2ccc3c(n2)NCCC3)C1)c1cccc(OC2CCOCC2)c1. The first kappa shape index (κ1) is 28.9. The second-order valence-electron chi connectivity index (χ2n) is 12.8. The van der Waals surface area contributed by atoms with E-state index in [0.29, 0.717) is 12.3 Å². The van der Waals surface area contributed by atoms with Crippen molar-refractivity contribution in [3.8, 4) is 5.75 Å². The zero-order valence-electron chi connectivity index (χ0n) is 24.6. The van der Waals surface area contributed by atoms with Gasteiger partial charge in [-0.15, -0.1) is 0 Å². The number of fused-ring (bicyclic) bond motifs is 1. The number of benzene rings is 1. The van der Waals surface area contributed by atoms with Gasteiger partial charge in [-0.2, -0.15) is 0 Å². The summed E-state index contributed by atoms with van der Waals surface area (Å²) in [6.45, 7) is 11.3. The largest absolute Gasteiger partial charge is 0.490 e. The Bertz CT molecular complexity index is 1120. The summed E-state index contributed by atoms with van der Waals surface area (Å²) >= 11 is 0. The van der Waals surface area contributed by atoms with Crippen LogP contribution in [-0.4, -0.2) is 67.0 Å². The molecule has 4 heterocycles. The maximum atomic E-state index is 12.9. The molecule has 2 aromatic rings. The Morgan fingerprint density at radius 2 is 2.02 bits per heavy atom. The van der Waals surface area contributed by atoms with Crippen molar-refractivity contribution >= 4 is 11.8 Å². The Kier molecular flexibility index (Phi) is 9.63. The van der Waals surface area contributed by atoms with Crippen LogP contribution in [0.5, 0.6) is 5.75 Å². The molecular weight excluding hydrogens is 502 g/mol. The van der Waals surface area contributed by atoms with E-state index in [1.54, 1.807) is 0 Å². The number of nitrogens with zero attached hydrogens (tertiary/aromatic N) is 2. The van der Waals surface area contributed by atoms with E-state index >= 15 is 0 Å². The molecular formula is C33H47N3O4. The van der Waals surface area contributed by atoms with Crippen LogP contribution < -0.4 is 10.1 Å². The normalized spacial score (nSPS) is 20.9. The minimum atomic E-state index is -0.491. The standard InChI is InChI=1S/C33H47N3O4/c1-33(2,3)40-31(37)21-27(26-6-4-8-30(20-26)39-29-14-18-38-19-15-29)23-36-17-13-24(22-36)9-11-28-12-10-25-7-5-16-34-32(25)35-28/h4,6,8,10,12,20,24,27,29H,5,7,9,11,13-19,21-23H2,1-3H3,(H,34,35). The summed E-state index contributed by atoms with van der Waals surface area (Å²) in [6.07, 6.45) is 8.05. The number of esters is 1. The van der Waals surface area contributed by atoms with Gasteiger partial charge in [-0.1, -0.05) is 18.2 Å². The van der Waals surface area contributed by atoms with E-state index < -0.39 is 5.60 Å². The van der Waals surface area contributed by atoms with Crippen molar-refractivity contribution in [2.45, 2.75) is 89.8 Å². The molecule has 1 aromatic heterocycles. The Hall–Kier alpha value is -2.64. The van der Waals surface area contributed by atoms with Gasteiger partial charge in [0.05, 0.1) is 19.6 Å². The molecule has 0 radical (unpaired) electrons. The topological polar surface area (TPSA) is 72.9 Å². The van der Waals surface area contributed by atoms with Gasteiger partial charge in [-0.05, 0) is 94.7 Å². The van der Waals surface area contributed by atoms with E-state index in [1.165, 1.54) is 24.1 Å². The molecule has 2 fully saturated rings. The van der Waals surface area contributed by atoms with E-state index in [1.807, 2.05) is 26.8 Å². The number of anilines is 1. The van der Waals surface area contributed by atoms with Gasteiger partial charge in [0, 0.05) is 44.1 Å². The molecule has 40 heavy (non-hydrogen) atoms. The van der Waals surface area contributed by atoms with Crippen LogP contribution in [0.4, 0.5) is 5.82 Å². The van der Waals surface area contributed by atoms with Crippen molar-refractivity contribution in [2.24, 2.45) is 5.92 Å². The number of pyridine rings is 1. The zero-order chi connectivity index (χ0) is 28.0. The van der Waals surface area contributed by atoms with Crippen molar-refractivity contribution in [1.29, 1.82) is 0 Å². The molecule has 0 aliphatic carbocycles. The lowest BCUT2D eigenvalue weighted by atomic mass is 9.94. The van der Waals surface area contributed by atoms with Crippen LogP contribution in [0.25, 0.3) is 0 Å². The summed E-state index contributed by atoms with van der Waals surface area (Å²) in [5.41, 5.74) is 3.19. The van der Waals surface area contributed by atoms with Gasteiger partial charge < -0.3 is 24.4 Å². The van der Waals surface area contributed by atoms with E-state index in [2.05, 4.69) is 40.5 Å². The summed E-state index contributed by atoms with van der Waals surface area (Å²) in [6, 6.07) is 12.8. The summed E-state index contributed by atoms with van der Waals surface area (Å²) in [7, 11) is 0. The maximum absolute atomic E-state index is 12.9. The first-order valence-corrected chi connectivity index (χ1v) is 15.3. The number of ether oxygens (including phenoxy) is 3. The van der Waals surface area contributed by atoms with Gasteiger partial charge in [0.1, 0.15) is 23.3 Å². The van der Waals surface area contributed by atoms with Crippen LogP contribution >= 0.6 is 0 Å². The number of nitrogens with one attached hydrogen (secondary N) is 1. The maximum Gasteiger partial charge on any atom is 0.306 e. The fourth-order valence-corrected chi connectivity index (χ4v) is 6.19. The molecule has 3 aliphatic rings. The number of aryl methyl sites for hydroxylation is 2. The van der Waals surface area contributed by atoms with Crippen LogP contribution in [0.3, 0.4) is 0 Å². The van der Waals surface area contributed by atoms with E-state index in [4.69, 9.17) is 19.2 Å². The average molecular weight is 550 g/mol. The monoisotopic (exact) mass is 549 g/mol. The molecule has 1 aromatic carbocycles. The van der Waals surface area contributed by atoms with Gasteiger partial charge in [0.25, 0.3) is 0 Å². The number of rotatable bonds is 10. The van der Waals surface area contributed by atoms with Crippen LogP contribution in [0.1, 0.15) is 82.0 Å². The molecule has 7 heteroatoms. The number of hydrogen-bond donors (Lipinski definition) is 1. The van der Waals surface area contributed by atoms with Crippen LogP contribution in [0.15, 0.2) is 36.4 Å². The third-order valence-corrected chi connectivity index (χ3v) is 8.24. The van der Waals surface area contributed by atoms with E-state index in [-0.39, 0.29) is 18.0 Å². The van der Waals surface area contributed by atoms with Crippen molar-refractivity contribution in [3.05, 3.63) is 53.2 Å². The number of hydrogen-bond acceptors (Lipinski definition) is 7. The minimum absolute atomic E-state index is 0.0558. The van der Waals surface area contributed by atoms with Crippen LogP contribution in [0.2, 0.25) is 0 Å². The molecule has 0 spiro atoms. The Morgan fingerprint density at radius 3 is 2.85 bits per heavy atom. The molecule has 2 atom stereocenters. The van der Waals surface area contributed by atoms with E-state index in [9.17, 15) is 4.79 Å². The zero-order valence-corrected chi connectivity index (χ0v) is 24.6. The Balaban J connectivity index is 1.20. The number of carbonyl (C=O) groups excluding carboxylic acids is 1. The number of likely N-dealkylation sites (tertiary alicyclic amines) is 1. The lowest BCUT2D eigenvalue weighted by molar-refractivity contribution is -0.155. The fraction of sp³-hybridized carbons (Fsp3) is 0.636. The average Bonchev–Trinajstić information content (AvgIpc) is 3.38. The van der Waals surface area contributed by atoms with Crippen molar-refractivity contribution in [1.82, 2.24) is 9.88 Å². The Labute approximate surface area is 240 Å². The second-order valence-corrected chi connectivity index (χ2v) is 12.8. The molecule has 0 amide bonds. The molecule has 3 aliphatic heterocycles. The summed E-state index contributed by atoms with van der Waals surface area (Å²) < 4.78 is 17.5. The number of aromatic nitrogens is 1. The first-order chi connectivity index (χ1) is 19.3. The molecule has 5 rings (SSSR count). The molecule has 2 unspecified atom stereocenters. The van der Waals surface area contributed by atoms with Crippen molar-refractivity contribution < 1.29 is 19.0 Å². The molecule has 0 bridgehead atoms. The highest BCUT2D eigenvalue weighted by Gasteiger charge is 2.28. The predicted octanol–water partition coefficient (Wildman–Crippen LogP) is 5.77. The number of carbonyl (C=O) groups is 1. The van der Waals surface area contributed by atoms with Crippen molar-refractivity contribution in [2.75, 3.05) is 44.7 Å². The lowest BCUT2D eigenvalue weighted by Crippen LogP contribution is -2.30. The minimum Gasteiger partial charge on any atom is -0.490 e. The van der Waals surface area contributed by atoms with Gasteiger partial charge in [-0.3, -0.25) is 4.79 Å². The highest BCUT2D eigenvalue weighted by molar-refractivity contribution is 5.71. The van der Waals surface area contributed by atoms with Gasteiger partial charge in [-0.25, -0.2) is 4.98 Å². The summed E-state index contributed by atoms with van der Waals surface area (Å²) in [4.78, 5) is 20.4. The van der Waals surface area contributed by atoms with Crippen LogP contribution in [0, 0.1) is 5.92 Å². The third kappa shape index (κ3) is 8.43. The highest BCUT2D eigenvalue weighted by atomic mass is 16.6. The third-order valence-electron chi connectivity index (χ3n) is 8.24. The van der Waals surface area contributed by atoms with Gasteiger partial charge in [0.15, 0.2) is 0 Å². The summed E-state index contributed by atoms with van der Waals surface area (Å²) in [5.74, 6) is 2.53. The highest BCUT2D eigenvalue weighted by Crippen LogP contribution is 2.31. The van der Waals surface area contributed by atoms with Crippen molar-refractivity contribution in [3.63, 3.8) is 0 Å². The molecule has 0 saturated carbocycles. The molecule has 2 saturated heterocycles. The quantitative estimate of drug-likeness (QED) is 0.377. The predicted molar refractivity (Wildman–Crippen MR) is 158 cm³/mol. The second kappa shape index (κ2) is 13.3. The molecule has 1 N–H and O–H groups in total. The first-order valence-electron chi connectivity index (χ1n) is 15.3. The molecule has 218 valence electrons. The van der Waals surface area contributed by atoms with E-state index in [0.717, 1.165) is 88.6 Å². The van der Waals surface area contributed by atoms with Crippen LogP contribution in [-0.2, 0) is 27.1 Å². The smallest absolute Gasteiger partial charge is 0.306 e. The van der Waals surface area contributed by atoms with Gasteiger partial charge >= 0.3 is 5.97 Å². The fourth-order valence-electron chi connectivity index (χ4n) is 6.19. The molecule has 7 nitrogen and oxygen atoms in total. The summed E-state index contributed by atoms with van der Waals surface area (Å²) in [5, 5.41) is 3.46. The lowest BCUT2D eigenvalue weighted by Gasteiger charge is -2.27. The van der Waals surface area contributed by atoms with Gasteiger partial charge in [0.2, 0.25) is 0 Å².